The number of aromatic amines is 1. The Morgan fingerprint density at radius 3 is 2.91 bits per heavy atom. The van der Waals surface area contributed by atoms with Crippen LogP contribution in [0.15, 0.2) is 34.7 Å². The van der Waals surface area contributed by atoms with Crippen LogP contribution in [0, 0.1) is 6.92 Å². The van der Waals surface area contributed by atoms with Crippen molar-refractivity contribution in [3.63, 3.8) is 0 Å². The molecule has 7 nitrogen and oxygen atoms in total. The molecule has 0 aromatic carbocycles. The first-order chi connectivity index (χ1) is 10.5. The zero-order valence-corrected chi connectivity index (χ0v) is 13.3. The van der Waals surface area contributed by atoms with Crippen LogP contribution < -0.4 is 16.4 Å². The molecule has 1 aromatic rings. The molecule has 0 bridgehead atoms. The molecule has 1 aliphatic heterocycles. The molecular weight excluding hydrogens is 304 g/mol. The van der Waals surface area contributed by atoms with Crippen LogP contribution in [-0.4, -0.2) is 35.3 Å². The molecule has 0 spiro atoms. The van der Waals surface area contributed by atoms with Crippen molar-refractivity contribution in [2.45, 2.75) is 25.8 Å². The number of hydrogen-bond acceptors (Lipinski definition) is 5. The molecule has 8 heteroatoms. The smallest absolute Gasteiger partial charge is 0.153 e. The second-order valence-electron chi connectivity index (χ2n) is 5.07. The van der Waals surface area contributed by atoms with Gasteiger partial charge >= 0.3 is 0 Å². The summed E-state index contributed by atoms with van der Waals surface area (Å²) in [7, 11) is 0. The Bertz CT molecular complexity index is 574. The van der Waals surface area contributed by atoms with Crippen LogP contribution in [-0.2, 0) is 4.74 Å². The van der Waals surface area contributed by atoms with Crippen LogP contribution in [0.3, 0.4) is 0 Å². The molecule has 0 radical (unpaired) electrons. The normalized spacial score (nSPS) is 17.4. The van der Waals surface area contributed by atoms with Crippen LogP contribution in [0.2, 0.25) is 0 Å². The molecule has 0 aliphatic carbocycles. The highest BCUT2D eigenvalue weighted by molar-refractivity contribution is 6.29. The van der Waals surface area contributed by atoms with Crippen molar-refractivity contribution >= 4 is 23.3 Å². The minimum atomic E-state index is 0.189. The Labute approximate surface area is 134 Å². The predicted octanol–water partition coefficient (Wildman–Crippen LogP) is 1.81. The van der Waals surface area contributed by atoms with Gasteiger partial charge in [0.2, 0.25) is 0 Å². The lowest BCUT2D eigenvalue weighted by Gasteiger charge is -2.24. The lowest BCUT2D eigenvalue weighted by atomic mass is 10.1. The SMILES string of the molecule is C=C(Cl)/N=C(\C=C(/N)Nc1cc(C)[nH]n1)NC1CCOCC1. The third kappa shape index (κ3) is 5.42. The van der Waals surface area contributed by atoms with Gasteiger partial charge in [0.05, 0.1) is 0 Å². The lowest BCUT2D eigenvalue weighted by Crippen LogP contribution is -2.38. The number of aromatic nitrogens is 2. The fraction of sp³-hybridized carbons (Fsp3) is 0.429. The fourth-order valence-corrected chi connectivity index (χ4v) is 2.19. The van der Waals surface area contributed by atoms with Gasteiger partial charge < -0.3 is 21.1 Å². The number of amidine groups is 1. The highest BCUT2D eigenvalue weighted by Gasteiger charge is 2.14. The van der Waals surface area contributed by atoms with Crippen LogP contribution in [0.4, 0.5) is 5.82 Å². The zero-order valence-electron chi connectivity index (χ0n) is 12.5. The van der Waals surface area contributed by atoms with E-state index in [0.29, 0.717) is 17.5 Å². The highest BCUT2D eigenvalue weighted by atomic mass is 35.5. The van der Waals surface area contributed by atoms with Gasteiger partial charge in [-0.1, -0.05) is 18.2 Å². The molecule has 0 amide bonds. The number of aliphatic imine (C=N–C) groups is 1. The number of nitrogens with two attached hydrogens (primary N) is 1. The van der Waals surface area contributed by atoms with E-state index in [9.17, 15) is 0 Å². The number of aryl methyl sites for hydroxylation is 1. The number of nitrogens with one attached hydrogen (secondary N) is 3. The molecule has 2 heterocycles. The van der Waals surface area contributed by atoms with E-state index in [1.165, 1.54) is 0 Å². The summed E-state index contributed by atoms with van der Waals surface area (Å²) in [4.78, 5) is 4.17. The van der Waals surface area contributed by atoms with Crippen LogP contribution in [0.25, 0.3) is 0 Å². The van der Waals surface area contributed by atoms with E-state index < -0.39 is 0 Å². The summed E-state index contributed by atoms with van der Waals surface area (Å²) in [5.74, 6) is 1.60. The number of H-pyrrole nitrogens is 1. The minimum absolute atomic E-state index is 0.189. The Hall–Kier alpha value is -1.99. The van der Waals surface area contributed by atoms with Crippen molar-refractivity contribution in [1.82, 2.24) is 15.5 Å². The molecule has 1 aromatic heterocycles. The highest BCUT2D eigenvalue weighted by Crippen LogP contribution is 2.09. The molecule has 1 saturated heterocycles. The van der Waals surface area contributed by atoms with Gasteiger partial charge in [-0.2, -0.15) is 5.10 Å². The Kier molecular flexibility index (Phi) is 5.85. The molecule has 0 saturated carbocycles. The van der Waals surface area contributed by atoms with Crippen molar-refractivity contribution in [2.75, 3.05) is 18.5 Å². The van der Waals surface area contributed by atoms with Crippen molar-refractivity contribution in [3.05, 3.63) is 35.4 Å². The molecule has 1 aliphatic rings. The first kappa shape index (κ1) is 16.4. The van der Waals surface area contributed by atoms with Crippen molar-refractivity contribution in [2.24, 2.45) is 10.7 Å². The molecular formula is C14H21ClN6O. The van der Waals surface area contributed by atoms with Gasteiger partial charge in [-0.15, -0.1) is 0 Å². The van der Waals surface area contributed by atoms with E-state index in [0.717, 1.165) is 31.7 Å². The maximum atomic E-state index is 5.97. The van der Waals surface area contributed by atoms with Gasteiger partial charge in [-0.3, -0.25) is 5.10 Å². The lowest BCUT2D eigenvalue weighted by molar-refractivity contribution is 0.0825. The number of anilines is 1. The largest absolute Gasteiger partial charge is 0.385 e. The third-order valence-corrected chi connectivity index (χ3v) is 3.17. The second-order valence-corrected chi connectivity index (χ2v) is 5.50. The first-order valence-electron chi connectivity index (χ1n) is 7.06. The summed E-state index contributed by atoms with van der Waals surface area (Å²) in [5, 5.41) is 13.4. The average Bonchev–Trinajstić information content (AvgIpc) is 2.84. The second kappa shape index (κ2) is 7.86. The van der Waals surface area contributed by atoms with Crippen LogP contribution in [0.1, 0.15) is 18.5 Å². The molecule has 0 atom stereocenters. The van der Waals surface area contributed by atoms with Crippen molar-refractivity contribution in [1.29, 1.82) is 0 Å². The Morgan fingerprint density at radius 2 is 2.32 bits per heavy atom. The monoisotopic (exact) mass is 324 g/mol. The summed E-state index contributed by atoms with van der Waals surface area (Å²) in [5.41, 5.74) is 6.92. The van der Waals surface area contributed by atoms with E-state index in [2.05, 4.69) is 32.4 Å². The third-order valence-electron chi connectivity index (χ3n) is 3.09. The van der Waals surface area contributed by atoms with Crippen molar-refractivity contribution < 1.29 is 4.74 Å². The van der Waals surface area contributed by atoms with Gasteiger partial charge in [-0.05, 0) is 19.8 Å². The standard InChI is InChI=1S/C14H21ClN6O/c1-9-7-14(21-20-9)19-12(16)8-13(17-10(2)15)18-11-3-5-22-6-4-11/h7-8,11H,2-6,16H2,1H3,(H,17,18)(H2,19,20,21)/b12-8+. The zero-order chi connectivity index (χ0) is 15.9. The van der Waals surface area contributed by atoms with E-state index in [4.69, 9.17) is 22.1 Å². The number of halogens is 1. The molecule has 0 unspecified atom stereocenters. The van der Waals surface area contributed by atoms with Gasteiger partial charge in [0.15, 0.2) is 5.82 Å². The average molecular weight is 325 g/mol. The van der Waals surface area contributed by atoms with Crippen LogP contribution in [0.5, 0.6) is 0 Å². The first-order valence-corrected chi connectivity index (χ1v) is 7.44. The molecule has 22 heavy (non-hydrogen) atoms. The van der Waals surface area contributed by atoms with E-state index >= 15 is 0 Å². The summed E-state index contributed by atoms with van der Waals surface area (Å²) in [6.45, 7) is 6.97. The van der Waals surface area contributed by atoms with E-state index in [1.807, 2.05) is 13.0 Å². The van der Waals surface area contributed by atoms with Gasteiger partial charge in [-0.25, -0.2) is 4.99 Å². The molecule has 5 N–H and O–H groups in total. The summed E-state index contributed by atoms with van der Waals surface area (Å²) in [6.07, 6.45) is 3.49. The Balaban J connectivity index is 2.04. The minimum Gasteiger partial charge on any atom is -0.385 e. The number of nitrogens with zero attached hydrogens (tertiary/aromatic N) is 2. The molecule has 2 rings (SSSR count). The fourth-order valence-electron chi connectivity index (χ4n) is 2.10. The van der Waals surface area contributed by atoms with E-state index in [1.54, 1.807) is 6.08 Å². The topological polar surface area (TPSA) is 100 Å². The summed E-state index contributed by atoms with van der Waals surface area (Å²) >= 11 is 5.78. The van der Waals surface area contributed by atoms with Gasteiger partial charge in [0.25, 0.3) is 0 Å². The van der Waals surface area contributed by atoms with Gasteiger partial charge in [0, 0.05) is 37.1 Å². The predicted molar refractivity (Wildman–Crippen MR) is 88.6 cm³/mol. The number of ether oxygens (including phenoxy) is 1. The molecule has 120 valence electrons. The number of rotatable bonds is 5. The number of hydrogen-bond donors (Lipinski definition) is 4. The van der Waals surface area contributed by atoms with Gasteiger partial charge in [0.1, 0.15) is 16.8 Å². The quantitative estimate of drug-likeness (QED) is 0.376. The van der Waals surface area contributed by atoms with Crippen molar-refractivity contribution in [3.8, 4) is 0 Å². The summed E-state index contributed by atoms with van der Waals surface area (Å²) < 4.78 is 5.34. The summed E-state index contributed by atoms with van der Waals surface area (Å²) in [6, 6.07) is 2.13. The van der Waals surface area contributed by atoms with Crippen LogP contribution >= 0.6 is 11.6 Å². The maximum Gasteiger partial charge on any atom is 0.153 e. The maximum absolute atomic E-state index is 5.97. The Morgan fingerprint density at radius 1 is 1.59 bits per heavy atom. The van der Waals surface area contributed by atoms with E-state index in [-0.39, 0.29) is 11.2 Å². The molecule has 1 fully saturated rings.